The Morgan fingerprint density at radius 3 is 2.62 bits per heavy atom. The first-order valence-corrected chi connectivity index (χ1v) is 15.8. The van der Waals surface area contributed by atoms with Gasteiger partial charge in [0.05, 0.1) is 5.52 Å². The predicted molar refractivity (Wildman–Crippen MR) is 171 cm³/mol. The van der Waals surface area contributed by atoms with E-state index in [4.69, 9.17) is 21.3 Å². The molecule has 42 heavy (non-hydrogen) atoms. The Morgan fingerprint density at radius 2 is 1.76 bits per heavy atom. The Hall–Kier alpha value is -3.58. The second kappa shape index (κ2) is 14.5. The number of aromatic amines is 1. The highest BCUT2D eigenvalue weighted by atomic mass is 35.5. The molecular weight excluding hydrogens is 548 g/mol. The Morgan fingerprint density at radius 1 is 0.952 bits per heavy atom. The lowest BCUT2D eigenvalue weighted by molar-refractivity contribution is -0.134. The van der Waals surface area contributed by atoms with Crippen molar-refractivity contribution in [2.45, 2.75) is 84.0 Å². The maximum Gasteiger partial charge on any atom is 0.311 e. The van der Waals surface area contributed by atoms with Crippen molar-refractivity contribution < 1.29 is 14.3 Å². The number of aryl methyl sites for hydroxylation is 1. The molecule has 2 heterocycles. The number of halogens is 1. The summed E-state index contributed by atoms with van der Waals surface area (Å²) in [6, 6.07) is 11.7. The molecule has 1 amide bonds. The number of hydrogen-bond acceptors (Lipinski definition) is 5. The minimum absolute atomic E-state index is 0.0411. The smallest absolute Gasteiger partial charge is 0.311 e. The van der Waals surface area contributed by atoms with E-state index in [1.54, 1.807) is 0 Å². The Labute approximate surface area is 252 Å². The Bertz CT molecular complexity index is 1550. The van der Waals surface area contributed by atoms with E-state index in [9.17, 15) is 9.59 Å². The zero-order valence-corrected chi connectivity index (χ0v) is 25.2. The molecule has 0 spiro atoms. The van der Waals surface area contributed by atoms with Crippen LogP contribution in [0.1, 0.15) is 81.5 Å². The van der Waals surface area contributed by atoms with Gasteiger partial charge in [-0.15, -0.1) is 0 Å². The quantitative estimate of drug-likeness (QED) is 0.0797. The number of nitrogens with zero attached hydrogens (tertiary/aromatic N) is 1. The average molecular weight is 589 g/mol. The number of pyridine rings is 1. The monoisotopic (exact) mass is 588 g/mol. The molecule has 222 valence electrons. The molecule has 0 atom stereocenters. The van der Waals surface area contributed by atoms with E-state index in [2.05, 4.69) is 21.7 Å². The number of anilines is 1. The summed E-state index contributed by atoms with van der Waals surface area (Å²) in [5.74, 6) is 0.329. The van der Waals surface area contributed by atoms with E-state index >= 15 is 0 Å². The predicted octanol–water partition coefficient (Wildman–Crippen LogP) is 7.68. The molecule has 5 rings (SSSR count). The normalized spacial score (nSPS) is 12.8. The lowest BCUT2D eigenvalue weighted by Crippen LogP contribution is -2.22. The highest BCUT2D eigenvalue weighted by Gasteiger charge is 2.18. The van der Waals surface area contributed by atoms with Crippen LogP contribution in [0.5, 0.6) is 5.75 Å². The number of esters is 1. The summed E-state index contributed by atoms with van der Waals surface area (Å²) in [6.07, 6.45) is 14.1. The fourth-order valence-corrected chi connectivity index (χ4v) is 6.07. The molecule has 0 radical (unpaired) electrons. The molecular formula is C34H41ClN4O3. The molecule has 7 nitrogen and oxygen atoms in total. The van der Waals surface area contributed by atoms with Crippen LogP contribution < -0.4 is 15.4 Å². The number of H-pyrrole nitrogens is 1. The standard InChI is InChI=1S/C34H41ClN4O3/c1-23(40)36-19-17-24-22-38-30-16-14-26(21-29(24)30)42-33(41)12-6-4-2-3-5-9-18-37-34-27-10-7-8-11-31(27)39-32-20-25(35)13-15-28(32)34/h13-16,20-22,38H,2-12,17-19H2,1H3,(H,36,40)(H,37,39). The van der Waals surface area contributed by atoms with E-state index in [-0.39, 0.29) is 11.9 Å². The maximum absolute atomic E-state index is 12.4. The molecule has 2 aromatic heterocycles. The highest BCUT2D eigenvalue weighted by Crippen LogP contribution is 2.34. The van der Waals surface area contributed by atoms with E-state index in [1.165, 1.54) is 42.1 Å². The van der Waals surface area contributed by atoms with Crippen molar-refractivity contribution in [3.8, 4) is 5.75 Å². The van der Waals surface area contributed by atoms with Gasteiger partial charge in [-0.25, -0.2) is 0 Å². The molecule has 0 fully saturated rings. The fourth-order valence-electron chi connectivity index (χ4n) is 5.90. The summed E-state index contributed by atoms with van der Waals surface area (Å²) >= 11 is 6.25. The lowest BCUT2D eigenvalue weighted by atomic mass is 9.92. The topological polar surface area (TPSA) is 96.1 Å². The van der Waals surface area contributed by atoms with Crippen LogP contribution in [0.15, 0.2) is 42.6 Å². The molecule has 0 saturated carbocycles. The fraction of sp³-hybridized carbons (Fsp3) is 0.441. The van der Waals surface area contributed by atoms with Crippen LogP contribution in [0, 0.1) is 0 Å². The number of aromatic nitrogens is 2. The van der Waals surface area contributed by atoms with Gasteiger partial charge in [0.25, 0.3) is 0 Å². The van der Waals surface area contributed by atoms with Gasteiger partial charge in [-0.1, -0.05) is 37.3 Å². The summed E-state index contributed by atoms with van der Waals surface area (Å²) in [4.78, 5) is 31.7. The van der Waals surface area contributed by atoms with Crippen LogP contribution in [0.25, 0.3) is 21.8 Å². The number of hydrogen-bond donors (Lipinski definition) is 3. The average Bonchev–Trinajstić information content (AvgIpc) is 3.37. The van der Waals surface area contributed by atoms with Gasteiger partial charge in [0, 0.05) is 65.3 Å². The van der Waals surface area contributed by atoms with E-state index in [1.807, 2.05) is 36.5 Å². The number of amides is 1. The third-order valence-electron chi connectivity index (χ3n) is 8.07. The van der Waals surface area contributed by atoms with Gasteiger partial charge in [-0.2, -0.15) is 0 Å². The first kappa shape index (κ1) is 29.9. The third kappa shape index (κ3) is 7.82. The molecule has 3 N–H and O–H groups in total. The zero-order chi connectivity index (χ0) is 29.3. The third-order valence-corrected chi connectivity index (χ3v) is 8.31. The van der Waals surface area contributed by atoms with Crippen LogP contribution in [-0.4, -0.2) is 34.9 Å². The van der Waals surface area contributed by atoms with Crippen LogP contribution in [0.3, 0.4) is 0 Å². The molecule has 8 heteroatoms. The van der Waals surface area contributed by atoms with Crippen LogP contribution in [0.2, 0.25) is 5.02 Å². The van der Waals surface area contributed by atoms with Gasteiger partial charge in [0.2, 0.25) is 5.91 Å². The number of benzene rings is 2. The van der Waals surface area contributed by atoms with Crippen LogP contribution >= 0.6 is 11.6 Å². The molecule has 0 aliphatic heterocycles. The number of nitrogens with one attached hydrogen (secondary N) is 3. The van der Waals surface area contributed by atoms with Crippen LogP contribution in [-0.2, 0) is 28.9 Å². The summed E-state index contributed by atoms with van der Waals surface area (Å²) in [5, 5.41) is 9.47. The van der Waals surface area contributed by atoms with Gasteiger partial charge in [0.1, 0.15) is 5.75 Å². The van der Waals surface area contributed by atoms with Gasteiger partial charge in [-0.3, -0.25) is 14.6 Å². The van der Waals surface area contributed by atoms with Gasteiger partial charge in [0.15, 0.2) is 0 Å². The zero-order valence-electron chi connectivity index (χ0n) is 24.5. The van der Waals surface area contributed by atoms with E-state index in [0.29, 0.717) is 25.1 Å². The molecule has 4 aromatic rings. The van der Waals surface area contributed by atoms with Gasteiger partial charge < -0.3 is 20.4 Å². The van der Waals surface area contributed by atoms with E-state index in [0.717, 1.165) is 84.9 Å². The molecule has 0 unspecified atom stereocenters. The summed E-state index contributed by atoms with van der Waals surface area (Å²) in [5.41, 5.74) is 6.93. The Kier molecular flexibility index (Phi) is 10.4. The highest BCUT2D eigenvalue weighted by molar-refractivity contribution is 6.31. The van der Waals surface area contributed by atoms with Crippen molar-refractivity contribution in [1.29, 1.82) is 0 Å². The number of fused-ring (bicyclic) bond motifs is 3. The summed E-state index contributed by atoms with van der Waals surface area (Å²) < 4.78 is 5.63. The minimum atomic E-state index is -0.192. The minimum Gasteiger partial charge on any atom is -0.427 e. The lowest BCUT2D eigenvalue weighted by Gasteiger charge is -2.22. The maximum atomic E-state index is 12.4. The molecule has 0 bridgehead atoms. The number of rotatable bonds is 14. The first-order valence-electron chi connectivity index (χ1n) is 15.4. The SMILES string of the molecule is CC(=O)NCCc1c[nH]c2ccc(OC(=O)CCCCCCCCNc3c4c(nc5cc(Cl)ccc35)CCCC4)cc12. The van der Waals surface area contributed by atoms with Gasteiger partial charge in [-0.05, 0) is 92.5 Å². The summed E-state index contributed by atoms with van der Waals surface area (Å²) in [6.45, 7) is 3.03. The van der Waals surface area contributed by atoms with Crippen molar-refractivity contribution in [1.82, 2.24) is 15.3 Å². The first-order chi connectivity index (χ1) is 20.5. The number of carbonyl (C=O) groups is 2. The second-order valence-corrected chi connectivity index (χ2v) is 11.7. The van der Waals surface area contributed by atoms with Crippen molar-refractivity contribution in [2.24, 2.45) is 0 Å². The number of unbranched alkanes of at least 4 members (excludes halogenated alkanes) is 5. The molecule has 1 aliphatic carbocycles. The number of ether oxygens (including phenoxy) is 1. The number of carbonyl (C=O) groups excluding carboxylic acids is 2. The van der Waals surface area contributed by atoms with Crippen molar-refractivity contribution >= 4 is 51.0 Å². The Balaban J connectivity index is 0.996. The van der Waals surface area contributed by atoms with Gasteiger partial charge >= 0.3 is 5.97 Å². The molecule has 1 aliphatic rings. The molecule has 2 aromatic carbocycles. The van der Waals surface area contributed by atoms with Crippen molar-refractivity contribution in [2.75, 3.05) is 18.4 Å². The second-order valence-electron chi connectivity index (χ2n) is 11.3. The summed E-state index contributed by atoms with van der Waals surface area (Å²) in [7, 11) is 0. The van der Waals surface area contributed by atoms with Crippen molar-refractivity contribution in [3.05, 3.63) is 64.4 Å². The van der Waals surface area contributed by atoms with Crippen LogP contribution in [0.4, 0.5) is 5.69 Å². The van der Waals surface area contributed by atoms with Crippen molar-refractivity contribution in [3.63, 3.8) is 0 Å². The largest absolute Gasteiger partial charge is 0.427 e. The molecule has 0 saturated heterocycles. The van der Waals surface area contributed by atoms with E-state index < -0.39 is 0 Å².